The van der Waals surface area contributed by atoms with Crippen molar-refractivity contribution in [3.8, 4) is 0 Å². The molecule has 2 rings (SSSR count). The SMILES string of the molecule is CCCNC(CS(=O)C1CCOC1C)C1CCCCC1. The zero-order chi connectivity index (χ0) is 14.4. The first-order chi connectivity index (χ1) is 9.72. The highest BCUT2D eigenvalue weighted by Gasteiger charge is 2.33. The molecule has 1 saturated heterocycles. The van der Waals surface area contributed by atoms with E-state index in [1.165, 1.54) is 32.1 Å². The lowest BCUT2D eigenvalue weighted by Crippen LogP contribution is -2.43. The summed E-state index contributed by atoms with van der Waals surface area (Å²) in [5.74, 6) is 1.56. The van der Waals surface area contributed by atoms with Gasteiger partial charge in [0.1, 0.15) is 0 Å². The summed E-state index contributed by atoms with van der Waals surface area (Å²) >= 11 is 0. The van der Waals surface area contributed by atoms with Gasteiger partial charge >= 0.3 is 0 Å². The number of ether oxygens (including phenoxy) is 1. The van der Waals surface area contributed by atoms with Crippen LogP contribution in [0.4, 0.5) is 0 Å². The third kappa shape index (κ3) is 4.54. The second-order valence-electron chi connectivity index (χ2n) is 6.41. The Morgan fingerprint density at radius 1 is 1.25 bits per heavy atom. The predicted octanol–water partition coefficient (Wildman–Crippen LogP) is 2.86. The minimum absolute atomic E-state index is 0.175. The van der Waals surface area contributed by atoms with Crippen LogP contribution in [0.1, 0.15) is 58.8 Å². The fraction of sp³-hybridized carbons (Fsp3) is 1.00. The smallest absolute Gasteiger partial charge is 0.0691 e. The largest absolute Gasteiger partial charge is 0.377 e. The van der Waals surface area contributed by atoms with Crippen LogP contribution in [0.5, 0.6) is 0 Å². The van der Waals surface area contributed by atoms with E-state index in [9.17, 15) is 4.21 Å². The number of hydrogen-bond acceptors (Lipinski definition) is 3. The third-order valence-electron chi connectivity index (χ3n) is 4.86. The standard InChI is InChI=1S/C16H31NO2S/c1-3-10-17-15(14-7-5-4-6-8-14)12-20(18)16-9-11-19-13(16)2/h13-17H,3-12H2,1-2H3. The maximum atomic E-state index is 12.7. The van der Waals surface area contributed by atoms with Crippen molar-refractivity contribution in [3.63, 3.8) is 0 Å². The van der Waals surface area contributed by atoms with E-state index < -0.39 is 10.8 Å². The molecule has 4 heteroatoms. The van der Waals surface area contributed by atoms with Crippen molar-refractivity contribution in [2.45, 2.75) is 76.2 Å². The van der Waals surface area contributed by atoms with Gasteiger partial charge in [0.25, 0.3) is 0 Å². The Balaban J connectivity index is 1.90. The summed E-state index contributed by atoms with van der Waals surface area (Å²) < 4.78 is 18.2. The molecule has 2 fully saturated rings. The molecule has 20 heavy (non-hydrogen) atoms. The molecule has 1 saturated carbocycles. The van der Waals surface area contributed by atoms with Gasteiger partial charge in [-0.1, -0.05) is 26.2 Å². The van der Waals surface area contributed by atoms with Crippen LogP contribution in [0.15, 0.2) is 0 Å². The maximum Gasteiger partial charge on any atom is 0.0691 e. The molecule has 1 aliphatic carbocycles. The lowest BCUT2D eigenvalue weighted by atomic mass is 9.84. The molecule has 0 aromatic carbocycles. The Morgan fingerprint density at radius 3 is 2.60 bits per heavy atom. The highest BCUT2D eigenvalue weighted by Crippen LogP contribution is 2.28. The molecule has 1 heterocycles. The van der Waals surface area contributed by atoms with Gasteiger partial charge in [0.15, 0.2) is 0 Å². The first-order valence-corrected chi connectivity index (χ1v) is 9.82. The molecule has 0 aromatic rings. The zero-order valence-electron chi connectivity index (χ0n) is 13.1. The van der Waals surface area contributed by atoms with Crippen LogP contribution in [0, 0.1) is 5.92 Å². The van der Waals surface area contributed by atoms with E-state index in [-0.39, 0.29) is 11.4 Å². The Bertz CT molecular complexity index is 305. The van der Waals surface area contributed by atoms with E-state index in [1.54, 1.807) is 0 Å². The molecule has 1 aliphatic heterocycles. The van der Waals surface area contributed by atoms with Gasteiger partial charge in [0.2, 0.25) is 0 Å². The molecule has 0 spiro atoms. The number of nitrogens with one attached hydrogen (secondary N) is 1. The molecule has 0 radical (unpaired) electrons. The molecule has 4 atom stereocenters. The summed E-state index contributed by atoms with van der Waals surface area (Å²) in [5, 5.41) is 3.93. The van der Waals surface area contributed by atoms with Crippen LogP contribution in [0.2, 0.25) is 0 Å². The molecule has 0 aromatic heterocycles. The Hall–Kier alpha value is 0.0700. The summed E-state index contributed by atoms with van der Waals surface area (Å²) in [5.41, 5.74) is 0. The highest BCUT2D eigenvalue weighted by molar-refractivity contribution is 7.85. The van der Waals surface area contributed by atoms with Crippen molar-refractivity contribution < 1.29 is 8.95 Å². The fourth-order valence-corrected chi connectivity index (χ4v) is 5.44. The average Bonchev–Trinajstić information content (AvgIpc) is 2.90. The van der Waals surface area contributed by atoms with Gasteiger partial charge < -0.3 is 10.1 Å². The Morgan fingerprint density at radius 2 is 2.00 bits per heavy atom. The molecular formula is C16H31NO2S. The Kier molecular flexibility index (Phi) is 6.99. The van der Waals surface area contributed by atoms with Gasteiger partial charge in [-0.25, -0.2) is 0 Å². The van der Waals surface area contributed by atoms with Gasteiger partial charge in [0.05, 0.1) is 11.4 Å². The quantitative estimate of drug-likeness (QED) is 0.786. The number of rotatable bonds is 7. The van der Waals surface area contributed by atoms with Crippen molar-refractivity contribution in [2.75, 3.05) is 18.9 Å². The zero-order valence-corrected chi connectivity index (χ0v) is 13.9. The molecule has 2 aliphatic rings. The molecule has 3 nitrogen and oxygen atoms in total. The summed E-state index contributed by atoms with van der Waals surface area (Å²) in [6.45, 7) is 6.11. The van der Waals surface area contributed by atoms with E-state index in [0.29, 0.717) is 6.04 Å². The summed E-state index contributed by atoms with van der Waals surface area (Å²) in [4.78, 5) is 0. The third-order valence-corrected chi connectivity index (χ3v) is 6.85. The number of hydrogen-bond donors (Lipinski definition) is 1. The van der Waals surface area contributed by atoms with Crippen molar-refractivity contribution >= 4 is 10.8 Å². The lowest BCUT2D eigenvalue weighted by Gasteiger charge is -2.31. The van der Waals surface area contributed by atoms with E-state index in [1.807, 2.05) is 0 Å². The first kappa shape index (κ1) is 16.4. The normalized spacial score (nSPS) is 31.3. The van der Waals surface area contributed by atoms with Gasteiger partial charge in [0, 0.05) is 29.2 Å². The highest BCUT2D eigenvalue weighted by atomic mass is 32.2. The van der Waals surface area contributed by atoms with Gasteiger partial charge in [-0.15, -0.1) is 0 Å². The lowest BCUT2D eigenvalue weighted by molar-refractivity contribution is 0.127. The van der Waals surface area contributed by atoms with Gasteiger partial charge in [-0.05, 0) is 45.1 Å². The summed E-state index contributed by atoms with van der Waals surface area (Å²) in [7, 11) is -0.748. The van der Waals surface area contributed by atoms with Crippen molar-refractivity contribution in [1.82, 2.24) is 5.32 Å². The molecule has 118 valence electrons. The monoisotopic (exact) mass is 301 g/mol. The van der Waals surface area contributed by atoms with Gasteiger partial charge in [-0.2, -0.15) is 0 Å². The molecular weight excluding hydrogens is 270 g/mol. The van der Waals surface area contributed by atoms with Crippen molar-refractivity contribution in [2.24, 2.45) is 5.92 Å². The van der Waals surface area contributed by atoms with Crippen LogP contribution >= 0.6 is 0 Å². The van der Waals surface area contributed by atoms with Crippen molar-refractivity contribution in [3.05, 3.63) is 0 Å². The maximum absolute atomic E-state index is 12.7. The van der Waals surface area contributed by atoms with E-state index in [0.717, 1.165) is 37.7 Å². The fourth-order valence-electron chi connectivity index (χ4n) is 3.59. The predicted molar refractivity (Wildman–Crippen MR) is 85.5 cm³/mol. The summed E-state index contributed by atoms with van der Waals surface area (Å²) in [6.07, 6.45) is 9.01. The van der Waals surface area contributed by atoms with E-state index >= 15 is 0 Å². The second kappa shape index (κ2) is 8.50. The topological polar surface area (TPSA) is 38.3 Å². The van der Waals surface area contributed by atoms with Gasteiger partial charge in [-0.3, -0.25) is 4.21 Å². The average molecular weight is 301 g/mol. The molecule has 0 amide bonds. The minimum atomic E-state index is -0.748. The molecule has 1 N–H and O–H groups in total. The minimum Gasteiger partial charge on any atom is -0.377 e. The van der Waals surface area contributed by atoms with Crippen molar-refractivity contribution in [1.29, 1.82) is 0 Å². The van der Waals surface area contributed by atoms with Crippen LogP contribution in [-0.4, -0.2) is 40.5 Å². The van der Waals surface area contributed by atoms with Crippen LogP contribution < -0.4 is 5.32 Å². The van der Waals surface area contributed by atoms with E-state index in [2.05, 4.69) is 19.2 Å². The molecule has 0 bridgehead atoms. The van der Waals surface area contributed by atoms with Crippen LogP contribution in [-0.2, 0) is 15.5 Å². The Labute approximate surface area is 126 Å². The van der Waals surface area contributed by atoms with Crippen LogP contribution in [0.25, 0.3) is 0 Å². The summed E-state index contributed by atoms with van der Waals surface area (Å²) in [6, 6.07) is 0.448. The second-order valence-corrected chi connectivity index (χ2v) is 8.11. The van der Waals surface area contributed by atoms with E-state index in [4.69, 9.17) is 4.74 Å². The van der Waals surface area contributed by atoms with Crippen LogP contribution in [0.3, 0.4) is 0 Å². The first-order valence-electron chi connectivity index (χ1n) is 8.44. The molecule has 4 unspecified atom stereocenters.